The van der Waals surface area contributed by atoms with Crippen LogP contribution in [-0.4, -0.2) is 41.0 Å². The lowest BCUT2D eigenvalue weighted by Crippen LogP contribution is -2.28. The van der Waals surface area contributed by atoms with Crippen LogP contribution in [0.15, 0.2) is 54.6 Å². The summed E-state index contributed by atoms with van der Waals surface area (Å²) in [5.74, 6) is 1.11. The van der Waals surface area contributed by atoms with Gasteiger partial charge in [0.2, 0.25) is 11.8 Å². The van der Waals surface area contributed by atoms with Crippen LogP contribution in [0.1, 0.15) is 30.0 Å². The summed E-state index contributed by atoms with van der Waals surface area (Å²) in [6, 6.07) is 18.1. The number of fused-ring (bicyclic) bond motifs is 1. The van der Waals surface area contributed by atoms with Gasteiger partial charge in [0.25, 0.3) is 0 Å². The molecule has 1 saturated heterocycles. The number of rotatable bonds is 5. The van der Waals surface area contributed by atoms with E-state index in [1.54, 1.807) is 7.11 Å². The second-order valence-electron chi connectivity index (χ2n) is 6.90. The van der Waals surface area contributed by atoms with Crippen molar-refractivity contribution in [3.05, 3.63) is 65.9 Å². The number of methoxy groups -OCH3 is 1. The maximum atomic E-state index is 12.7. The fourth-order valence-electron chi connectivity index (χ4n) is 3.71. The molecule has 1 aromatic heterocycles. The van der Waals surface area contributed by atoms with Gasteiger partial charge in [0.05, 0.1) is 18.1 Å². The highest BCUT2D eigenvalue weighted by Gasteiger charge is 2.27. The fourth-order valence-corrected chi connectivity index (χ4v) is 3.71. The van der Waals surface area contributed by atoms with E-state index in [-0.39, 0.29) is 5.91 Å². The van der Waals surface area contributed by atoms with Crippen LogP contribution < -0.4 is 4.74 Å². The van der Waals surface area contributed by atoms with Gasteiger partial charge < -0.3 is 9.64 Å². The Bertz CT molecular complexity index is 943. The van der Waals surface area contributed by atoms with E-state index in [9.17, 15) is 4.79 Å². The second kappa shape index (κ2) is 7.74. The number of amides is 1. The molecule has 2 heterocycles. The first kappa shape index (κ1) is 17.5. The normalized spacial score (nSPS) is 16.6. The van der Waals surface area contributed by atoms with Crippen molar-refractivity contribution < 1.29 is 9.53 Å². The SMILES string of the molecule is COc1nc2ccccc2nc1CCC(=O)N1CCC(c2ccccc2)C1. The molecule has 0 saturated carbocycles. The maximum absolute atomic E-state index is 12.7. The van der Waals surface area contributed by atoms with E-state index in [0.717, 1.165) is 36.2 Å². The van der Waals surface area contributed by atoms with Gasteiger partial charge in [-0.2, -0.15) is 0 Å². The maximum Gasteiger partial charge on any atom is 0.235 e. The molecule has 2 aromatic carbocycles. The molecule has 1 fully saturated rings. The van der Waals surface area contributed by atoms with Crippen molar-refractivity contribution in [2.24, 2.45) is 0 Å². The fraction of sp³-hybridized carbons (Fsp3) is 0.318. The highest BCUT2D eigenvalue weighted by molar-refractivity contribution is 5.77. The molecule has 27 heavy (non-hydrogen) atoms. The molecule has 0 aliphatic carbocycles. The van der Waals surface area contributed by atoms with Gasteiger partial charge in [-0.3, -0.25) is 4.79 Å². The lowest BCUT2D eigenvalue weighted by Gasteiger charge is -2.17. The number of benzene rings is 2. The molecule has 0 spiro atoms. The highest BCUT2D eigenvalue weighted by Crippen LogP contribution is 2.28. The van der Waals surface area contributed by atoms with Crippen molar-refractivity contribution >= 4 is 16.9 Å². The minimum Gasteiger partial charge on any atom is -0.480 e. The molecule has 1 atom stereocenters. The van der Waals surface area contributed by atoms with Crippen LogP contribution in [0.2, 0.25) is 0 Å². The van der Waals surface area contributed by atoms with Gasteiger partial charge in [0.15, 0.2) is 0 Å². The van der Waals surface area contributed by atoms with Gasteiger partial charge in [-0.1, -0.05) is 42.5 Å². The van der Waals surface area contributed by atoms with Crippen LogP contribution in [0, 0.1) is 0 Å². The standard InChI is InChI=1S/C22H23N3O2/c1-27-22-20(23-18-9-5-6-10-19(18)24-22)11-12-21(26)25-14-13-17(15-25)16-7-3-2-4-8-16/h2-10,17H,11-15H2,1H3. The summed E-state index contributed by atoms with van der Waals surface area (Å²) in [6.45, 7) is 1.61. The summed E-state index contributed by atoms with van der Waals surface area (Å²) in [4.78, 5) is 23.8. The first-order valence-electron chi connectivity index (χ1n) is 9.37. The van der Waals surface area contributed by atoms with Crippen LogP contribution in [0.5, 0.6) is 5.88 Å². The molecule has 4 rings (SSSR count). The average molecular weight is 361 g/mol. The third-order valence-electron chi connectivity index (χ3n) is 5.19. The van der Waals surface area contributed by atoms with E-state index < -0.39 is 0 Å². The van der Waals surface area contributed by atoms with Crippen molar-refractivity contribution in [1.82, 2.24) is 14.9 Å². The molecule has 1 unspecified atom stereocenters. The van der Waals surface area contributed by atoms with Gasteiger partial charge in [0, 0.05) is 31.8 Å². The zero-order valence-corrected chi connectivity index (χ0v) is 15.5. The van der Waals surface area contributed by atoms with Crippen LogP contribution in [0.3, 0.4) is 0 Å². The van der Waals surface area contributed by atoms with Crippen molar-refractivity contribution in [2.45, 2.75) is 25.2 Å². The molecule has 1 amide bonds. The molecule has 0 radical (unpaired) electrons. The van der Waals surface area contributed by atoms with Crippen LogP contribution >= 0.6 is 0 Å². The Morgan fingerprint density at radius 3 is 2.52 bits per heavy atom. The van der Waals surface area contributed by atoms with Crippen molar-refractivity contribution in [1.29, 1.82) is 0 Å². The third kappa shape index (κ3) is 3.77. The Labute approximate surface area is 159 Å². The van der Waals surface area contributed by atoms with E-state index in [1.807, 2.05) is 35.2 Å². The first-order valence-corrected chi connectivity index (χ1v) is 9.37. The highest BCUT2D eigenvalue weighted by atomic mass is 16.5. The molecule has 1 aliphatic rings. The van der Waals surface area contributed by atoms with Crippen molar-refractivity contribution in [3.63, 3.8) is 0 Å². The summed E-state index contributed by atoms with van der Waals surface area (Å²) >= 11 is 0. The van der Waals surface area contributed by atoms with Gasteiger partial charge in [0.1, 0.15) is 5.69 Å². The lowest BCUT2D eigenvalue weighted by atomic mass is 9.99. The molecule has 138 valence electrons. The van der Waals surface area contributed by atoms with Gasteiger partial charge in [-0.15, -0.1) is 0 Å². The van der Waals surface area contributed by atoms with Gasteiger partial charge in [-0.25, -0.2) is 9.97 Å². The predicted molar refractivity (Wildman–Crippen MR) is 105 cm³/mol. The van der Waals surface area contributed by atoms with E-state index in [4.69, 9.17) is 4.74 Å². The van der Waals surface area contributed by atoms with E-state index >= 15 is 0 Å². The smallest absolute Gasteiger partial charge is 0.235 e. The van der Waals surface area contributed by atoms with E-state index in [2.05, 4.69) is 34.2 Å². The molecule has 0 N–H and O–H groups in total. The topological polar surface area (TPSA) is 55.3 Å². The molecule has 1 aliphatic heterocycles. The summed E-state index contributed by atoms with van der Waals surface area (Å²) in [5, 5.41) is 0. The summed E-state index contributed by atoms with van der Waals surface area (Å²) < 4.78 is 5.39. The zero-order chi connectivity index (χ0) is 18.6. The predicted octanol–water partition coefficient (Wildman–Crippen LogP) is 3.59. The summed E-state index contributed by atoms with van der Waals surface area (Å²) in [7, 11) is 1.59. The number of para-hydroxylation sites is 2. The Kier molecular flexibility index (Phi) is 5.01. The van der Waals surface area contributed by atoms with E-state index in [1.165, 1.54) is 5.56 Å². The minimum absolute atomic E-state index is 0.172. The number of ether oxygens (including phenoxy) is 1. The molecular formula is C22H23N3O2. The molecule has 5 nitrogen and oxygen atoms in total. The molecule has 0 bridgehead atoms. The van der Waals surface area contributed by atoms with Gasteiger partial charge >= 0.3 is 0 Å². The average Bonchev–Trinajstić information content (AvgIpc) is 3.22. The van der Waals surface area contributed by atoms with Crippen LogP contribution in [0.4, 0.5) is 0 Å². The van der Waals surface area contributed by atoms with Gasteiger partial charge in [-0.05, 0) is 24.1 Å². The third-order valence-corrected chi connectivity index (χ3v) is 5.19. The Morgan fingerprint density at radius 2 is 1.78 bits per heavy atom. The molecule has 3 aromatic rings. The molecule has 5 heteroatoms. The number of carbonyl (C=O) groups excluding carboxylic acids is 1. The summed E-state index contributed by atoms with van der Waals surface area (Å²) in [6.07, 6.45) is 1.98. The largest absolute Gasteiger partial charge is 0.480 e. The Balaban J connectivity index is 1.42. The van der Waals surface area contributed by atoms with Crippen LogP contribution in [-0.2, 0) is 11.2 Å². The monoisotopic (exact) mass is 361 g/mol. The number of hydrogen-bond acceptors (Lipinski definition) is 4. The number of hydrogen-bond donors (Lipinski definition) is 0. The van der Waals surface area contributed by atoms with Crippen LogP contribution in [0.25, 0.3) is 11.0 Å². The van der Waals surface area contributed by atoms with E-state index in [0.29, 0.717) is 24.6 Å². The number of likely N-dealkylation sites (tertiary alicyclic amines) is 1. The number of aryl methyl sites for hydroxylation is 1. The Morgan fingerprint density at radius 1 is 1.07 bits per heavy atom. The quantitative estimate of drug-likeness (QED) is 0.697. The first-order chi connectivity index (χ1) is 13.2. The number of carbonyl (C=O) groups is 1. The molecular weight excluding hydrogens is 338 g/mol. The zero-order valence-electron chi connectivity index (χ0n) is 15.5. The second-order valence-corrected chi connectivity index (χ2v) is 6.90. The Hall–Kier alpha value is -2.95. The van der Waals surface area contributed by atoms with Crippen molar-refractivity contribution in [2.75, 3.05) is 20.2 Å². The lowest BCUT2D eigenvalue weighted by molar-refractivity contribution is -0.130. The number of nitrogens with zero attached hydrogens (tertiary/aromatic N) is 3. The van der Waals surface area contributed by atoms with Crippen molar-refractivity contribution in [3.8, 4) is 5.88 Å². The minimum atomic E-state index is 0.172. The summed E-state index contributed by atoms with van der Waals surface area (Å²) in [5.41, 5.74) is 3.68. The number of aromatic nitrogens is 2.